The van der Waals surface area contributed by atoms with E-state index in [4.69, 9.17) is 9.52 Å². The van der Waals surface area contributed by atoms with Crippen LogP contribution >= 0.6 is 0 Å². The fourth-order valence-electron chi connectivity index (χ4n) is 1.13. The van der Waals surface area contributed by atoms with Gasteiger partial charge in [-0.3, -0.25) is 0 Å². The summed E-state index contributed by atoms with van der Waals surface area (Å²) in [5, 5.41) is 9.06. The molecule has 0 aliphatic heterocycles. The van der Waals surface area contributed by atoms with Crippen LogP contribution in [0.2, 0.25) is 0 Å². The lowest BCUT2D eigenvalue weighted by molar-refractivity contribution is 0.475. The monoisotopic (exact) mass is 175 g/mol. The smallest absolute Gasteiger partial charge is 0.191 e. The van der Waals surface area contributed by atoms with Crippen LogP contribution in [0.15, 0.2) is 34.9 Å². The van der Waals surface area contributed by atoms with Crippen molar-refractivity contribution in [2.75, 3.05) is 0 Å². The van der Waals surface area contributed by atoms with Gasteiger partial charge in [-0.15, -0.1) is 0 Å². The summed E-state index contributed by atoms with van der Waals surface area (Å²) in [5.74, 6) is 0.895. The summed E-state index contributed by atoms with van der Waals surface area (Å²) in [4.78, 5) is 4.16. The molecule has 0 radical (unpaired) electrons. The third-order valence-electron chi connectivity index (χ3n) is 1.78. The number of aryl methyl sites for hydroxylation is 1. The van der Waals surface area contributed by atoms with Crippen molar-refractivity contribution < 1.29 is 9.52 Å². The van der Waals surface area contributed by atoms with Gasteiger partial charge >= 0.3 is 0 Å². The third-order valence-corrected chi connectivity index (χ3v) is 1.78. The Bertz CT molecular complexity index is 403. The fourth-order valence-corrected chi connectivity index (χ4v) is 1.13. The molecule has 13 heavy (non-hydrogen) atoms. The molecular weight excluding hydrogens is 166 g/mol. The summed E-state index contributed by atoms with van der Waals surface area (Å²) in [7, 11) is 0. The van der Waals surface area contributed by atoms with Crippen LogP contribution in [0.1, 0.15) is 5.89 Å². The third kappa shape index (κ3) is 1.54. The Labute approximate surface area is 75.7 Å². The molecule has 66 valence electrons. The van der Waals surface area contributed by atoms with Gasteiger partial charge in [0, 0.05) is 12.5 Å². The minimum absolute atomic E-state index is 0.254. The molecule has 1 aromatic heterocycles. The maximum atomic E-state index is 9.06. The molecule has 3 nitrogen and oxygen atoms in total. The molecule has 1 aromatic carbocycles. The van der Waals surface area contributed by atoms with Crippen molar-refractivity contribution in [3.63, 3.8) is 0 Å². The number of nitrogens with zero attached hydrogens (tertiary/aromatic N) is 1. The van der Waals surface area contributed by atoms with Gasteiger partial charge in [-0.05, 0) is 24.3 Å². The molecule has 0 saturated carbocycles. The first kappa shape index (κ1) is 7.86. The summed E-state index contributed by atoms with van der Waals surface area (Å²) in [6.07, 6.45) is 1.60. The first-order valence-electron chi connectivity index (χ1n) is 3.97. The molecule has 0 unspecified atom stereocenters. The highest BCUT2D eigenvalue weighted by molar-refractivity contribution is 5.58. The Balaban J connectivity index is 2.41. The number of benzene rings is 1. The molecule has 3 heteroatoms. The Morgan fingerprint density at radius 1 is 1.23 bits per heavy atom. The average molecular weight is 175 g/mol. The van der Waals surface area contributed by atoms with Crippen molar-refractivity contribution in [3.8, 4) is 17.0 Å². The lowest BCUT2D eigenvalue weighted by Crippen LogP contribution is -1.76. The van der Waals surface area contributed by atoms with Crippen LogP contribution in [0.25, 0.3) is 11.3 Å². The van der Waals surface area contributed by atoms with Crippen LogP contribution in [-0.2, 0) is 0 Å². The number of phenolic OH excluding ortho intramolecular Hbond substituents is 1. The lowest BCUT2D eigenvalue weighted by Gasteiger charge is -1.94. The van der Waals surface area contributed by atoms with E-state index in [0.29, 0.717) is 5.89 Å². The van der Waals surface area contributed by atoms with Crippen LogP contribution in [0, 0.1) is 6.92 Å². The van der Waals surface area contributed by atoms with Gasteiger partial charge in [0.15, 0.2) is 5.89 Å². The maximum absolute atomic E-state index is 9.06. The van der Waals surface area contributed by atoms with E-state index in [1.54, 1.807) is 37.5 Å². The molecule has 1 heterocycles. The molecule has 0 amide bonds. The van der Waals surface area contributed by atoms with E-state index >= 15 is 0 Å². The van der Waals surface area contributed by atoms with Crippen LogP contribution in [0.4, 0.5) is 0 Å². The van der Waals surface area contributed by atoms with E-state index in [1.165, 1.54) is 0 Å². The summed E-state index contributed by atoms with van der Waals surface area (Å²) in [6.45, 7) is 1.80. The van der Waals surface area contributed by atoms with Gasteiger partial charge in [-0.25, -0.2) is 4.98 Å². The summed E-state index contributed by atoms with van der Waals surface area (Å²) in [5.41, 5.74) is 1.73. The Morgan fingerprint density at radius 3 is 2.46 bits per heavy atom. The van der Waals surface area contributed by atoms with E-state index < -0.39 is 0 Å². The highest BCUT2D eigenvalue weighted by Crippen LogP contribution is 2.20. The van der Waals surface area contributed by atoms with Crippen molar-refractivity contribution in [2.24, 2.45) is 0 Å². The number of hydrogen-bond donors (Lipinski definition) is 1. The predicted molar refractivity (Wildman–Crippen MR) is 48.3 cm³/mol. The summed E-state index contributed by atoms with van der Waals surface area (Å²) >= 11 is 0. The second-order valence-corrected chi connectivity index (χ2v) is 2.80. The fraction of sp³-hybridized carbons (Fsp3) is 0.100. The van der Waals surface area contributed by atoms with Gasteiger partial charge in [0.1, 0.15) is 17.7 Å². The van der Waals surface area contributed by atoms with E-state index in [1.807, 2.05) is 0 Å². The molecule has 2 aromatic rings. The molecule has 1 N–H and O–H groups in total. The Hall–Kier alpha value is -1.77. The predicted octanol–water partition coefficient (Wildman–Crippen LogP) is 2.36. The van der Waals surface area contributed by atoms with Gasteiger partial charge in [0.25, 0.3) is 0 Å². The Kier molecular flexibility index (Phi) is 1.77. The average Bonchev–Trinajstić information content (AvgIpc) is 2.53. The van der Waals surface area contributed by atoms with E-state index in [2.05, 4.69) is 4.98 Å². The van der Waals surface area contributed by atoms with Gasteiger partial charge in [-0.2, -0.15) is 0 Å². The second kappa shape index (κ2) is 2.94. The van der Waals surface area contributed by atoms with Gasteiger partial charge in [-0.1, -0.05) is 0 Å². The molecule has 0 aliphatic carbocycles. The SMILES string of the molecule is Cc1nc(-c2ccc(O)cc2)co1. The molecule has 0 atom stereocenters. The minimum atomic E-state index is 0.254. The summed E-state index contributed by atoms with van der Waals surface area (Å²) in [6, 6.07) is 6.85. The molecular formula is C10H9NO2. The molecule has 0 fully saturated rings. The van der Waals surface area contributed by atoms with Crippen LogP contribution in [-0.4, -0.2) is 10.1 Å². The maximum Gasteiger partial charge on any atom is 0.191 e. The van der Waals surface area contributed by atoms with Crippen molar-refractivity contribution >= 4 is 0 Å². The van der Waals surface area contributed by atoms with Crippen LogP contribution in [0.3, 0.4) is 0 Å². The number of aromatic nitrogens is 1. The quantitative estimate of drug-likeness (QED) is 0.723. The number of hydrogen-bond acceptors (Lipinski definition) is 3. The highest BCUT2D eigenvalue weighted by atomic mass is 16.3. The number of oxazole rings is 1. The van der Waals surface area contributed by atoms with Crippen molar-refractivity contribution in [3.05, 3.63) is 36.4 Å². The zero-order valence-electron chi connectivity index (χ0n) is 7.19. The standard InChI is InChI=1S/C10H9NO2/c1-7-11-10(6-13-7)8-2-4-9(12)5-3-8/h2-6,12H,1H3. The zero-order chi connectivity index (χ0) is 9.26. The van der Waals surface area contributed by atoms with Crippen LogP contribution < -0.4 is 0 Å². The van der Waals surface area contributed by atoms with E-state index in [9.17, 15) is 0 Å². The van der Waals surface area contributed by atoms with E-state index in [0.717, 1.165) is 11.3 Å². The van der Waals surface area contributed by atoms with Gasteiger partial charge < -0.3 is 9.52 Å². The van der Waals surface area contributed by atoms with Crippen molar-refractivity contribution in [2.45, 2.75) is 6.92 Å². The molecule has 0 aliphatic rings. The number of aromatic hydroxyl groups is 1. The van der Waals surface area contributed by atoms with Crippen molar-refractivity contribution in [1.82, 2.24) is 4.98 Å². The topological polar surface area (TPSA) is 46.3 Å². The van der Waals surface area contributed by atoms with Crippen molar-refractivity contribution in [1.29, 1.82) is 0 Å². The van der Waals surface area contributed by atoms with Gasteiger partial charge in [0.2, 0.25) is 0 Å². The lowest BCUT2D eigenvalue weighted by atomic mass is 10.2. The molecule has 2 rings (SSSR count). The largest absolute Gasteiger partial charge is 0.508 e. The minimum Gasteiger partial charge on any atom is -0.508 e. The molecule has 0 saturated heterocycles. The highest BCUT2D eigenvalue weighted by Gasteiger charge is 2.02. The second-order valence-electron chi connectivity index (χ2n) is 2.80. The zero-order valence-corrected chi connectivity index (χ0v) is 7.19. The summed E-state index contributed by atoms with van der Waals surface area (Å²) < 4.78 is 5.08. The molecule has 0 spiro atoms. The first-order chi connectivity index (χ1) is 6.25. The number of rotatable bonds is 1. The molecule has 0 bridgehead atoms. The first-order valence-corrected chi connectivity index (χ1v) is 3.97. The number of phenols is 1. The van der Waals surface area contributed by atoms with Gasteiger partial charge in [0.05, 0.1) is 0 Å². The Morgan fingerprint density at radius 2 is 1.92 bits per heavy atom. The van der Waals surface area contributed by atoms with Crippen LogP contribution in [0.5, 0.6) is 5.75 Å². The normalized spacial score (nSPS) is 10.2. The van der Waals surface area contributed by atoms with E-state index in [-0.39, 0.29) is 5.75 Å².